The van der Waals surface area contributed by atoms with Crippen LogP contribution < -0.4 is 0 Å². The molecule has 1 aromatic rings. The summed E-state index contributed by atoms with van der Waals surface area (Å²) in [5.41, 5.74) is 1.35. The summed E-state index contributed by atoms with van der Waals surface area (Å²) in [5, 5.41) is 14.8. The van der Waals surface area contributed by atoms with E-state index in [1.165, 1.54) is 18.4 Å². The van der Waals surface area contributed by atoms with E-state index in [1.807, 2.05) is 0 Å². The Morgan fingerprint density at radius 1 is 0.931 bits per heavy atom. The van der Waals surface area contributed by atoms with Crippen molar-refractivity contribution < 1.29 is 24.6 Å². The van der Waals surface area contributed by atoms with E-state index >= 15 is 0 Å². The van der Waals surface area contributed by atoms with Crippen LogP contribution in [0.5, 0.6) is 0 Å². The predicted octanol–water partition coefficient (Wildman–Crippen LogP) is 3.08. The van der Waals surface area contributed by atoms with Gasteiger partial charge in [-0.2, -0.15) is 0 Å². The maximum atomic E-state index is 12.7. The van der Waals surface area contributed by atoms with Crippen molar-refractivity contribution in [3.63, 3.8) is 0 Å². The van der Waals surface area contributed by atoms with Gasteiger partial charge in [-0.05, 0) is 62.4 Å². The molecule has 2 N–H and O–H groups in total. The van der Waals surface area contributed by atoms with Crippen LogP contribution in [0.15, 0.2) is 28.7 Å². The molecule has 0 saturated carbocycles. The maximum Gasteiger partial charge on any atom is 0.414 e. The van der Waals surface area contributed by atoms with Gasteiger partial charge in [0.15, 0.2) is 0 Å². The number of aliphatic carboxylic acids is 2. The predicted molar refractivity (Wildman–Crippen MR) is 112 cm³/mol. The van der Waals surface area contributed by atoms with Crippen LogP contribution in [0.2, 0.25) is 0 Å². The minimum Gasteiger partial charge on any atom is -0.473 e. The molecular formula is C21H29BrN2O5. The van der Waals surface area contributed by atoms with Crippen LogP contribution in [0, 0.1) is 11.8 Å². The van der Waals surface area contributed by atoms with E-state index in [2.05, 4.69) is 56.9 Å². The van der Waals surface area contributed by atoms with Crippen LogP contribution in [-0.2, 0) is 20.9 Å². The molecule has 29 heavy (non-hydrogen) atoms. The second-order valence-electron chi connectivity index (χ2n) is 7.80. The number of amides is 1. The first kappa shape index (κ1) is 23.3. The SMILES string of the molecule is CC1CCN(C(=O)C2CCN(Cc3ccc(Br)cc3)CC2)CC1.O=C(O)C(=O)O. The summed E-state index contributed by atoms with van der Waals surface area (Å²) in [6.07, 6.45) is 4.38. The average molecular weight is 469 g/mol. The molecule has 1 aromatic carbocycles. The monoisotopic (exact) mass is 468 g/mol. The Hall–Kier alpha value is -1.93. The molecule has 7 nitrogen and oxygen atoms in total. The van der Waals surface area contributed by atoms with Crippen LogP contribution in [0.25, 0.3) is 0 Å². The van der Waals surface area contributed by atoms with Gasteiger partial charge in [0.1, 0.15) is 0 Å². The van der Waals surface area contributed by atoms with Crippen LogP contribution in [0.3, 0.4) is 0 Å². The zero-order valence-electron chi connectivity index (χ0n) is 16.7. The number of carboxylic acid groups (broad SMARTS) is 2. The van der Waals surface area contributed by atoms with E-state index in [4.69, 9.17) is 19.8 Å². The van der Waals surface area contributed by atoms with Gasteiger partial charge >= 0.3 is 11.9 Å². The number of benzene rings is 1. The topological polar surface area (TPSA) is 98.2 Å². The molecule has 0 aliphatic carbocycles. The van der Waals surface area contributed by atoms with Crippen LogP contribution >= 0.6 is 15.9 Å². The zero-order chi connectivity index (χ0) is 21.4. The Morgan fingerprint density at radius 2 is 1.45 bits per heavy atom. The number of hydrogen-bond donors (Lipinski definition) is 2. The number of carbonyl (C=O) groups excluding carboxylic acids is 1. The summed E-state index contributed by atoms with van der Waals surface area (Å²) in [5.74, 6) is -2.19. The molecule has 2 heterocycles. The van der Waals surface area contributed by atoms with Gasteiger partial charge in [0.2, 0.25) is 5.91 Å². The summed E-state index contributed by atoms with van der Waals surface area (Å²) >= 11 is 3.48. The van der Waals surface area contributed by atoms with Gasteiger partial charge in [0.05, 0.1) is 0 Å². The van der Waals surface area contributed by atoms with E-state index in [1.54, 1.807) is 0 Å². The Morgan fingerprint density at radius 3 is 1.93 bits per heavy atom. The lowest BCUT2D eigenvalue weighted by Crippen LogP contribution is -2.45. The zero-order valence-corrected chi connectivity index (χ0v) is 18.3. The molecule has 2 fully saturated rings. The third-order valence-electron chi connectivity index (χ3n) is 5.53. The summed E-state index contributed by atoms with van der Waals surface area (Å²) in [7, 11) is 0. The Balaban J connectivity index is 0.000000438. The Labute approximate surface area is 179 Å². The van der Waals surface area contributed by atoms with E-state index in [-0.39, 0.29) is 5.92 Å². The third kappa shape index (κ3) is 7.78. The number of carbonyl (C=O) groups is 3. The van der Waals surface area contributed by atoms with Gasteiger partial charge < -0.3 is 15.1 Å². The van der Waals surface area contributed by atoms with E-state index in [9.17, 15) is 4.79 Å². The van der Waals surface area contributed by atoms with E-state index in [0.29, 0.717) is 5.91 Å². The molecule has 2 aliphatic rings. The second kappa shape index (κ2) is 11.3. The van der Waals surface area contributed by atoms with E-state index in [0.717, 1.165) is 56.0 Å². The minimum absolute atomic E-state index is 0.254. The van der Waals surface area contributed by atoms with Crippen LogP contribution in [0.4, 0.5) is 0 Å². The fourth-order valence-corrected chi connectivity index (χ4v) is 3.94. The highest BCUT2D eigenvalue weighted by Gasteiger charge is 2.30. The molecule has 8 heteroatoms. The highest BCUT2D eigenvalue weighted by molar-refractivity contribution is 9.10. The number of rotatable bonds is 3. The molecule has 0 radical (unpaired) electrons. The van der Waals surface area contributed by atoms with Gasteiger partial charge in [-0.25, -0.2) is 9.59 Å². The van der Waals surface area contributed by atoms with Gasteiger partial charge in [-0.1, -0.05) is 35.0 Å². The van der Waals surface area contributed by atoms with Crippen molar-refractivity contribution >= 4 is 33.8 Å². The van der Waals surface area contributed by atoms with Gasteiger partial charge in [0.25, 0.3) is 0 Å². The molecule has 1 amide bonds. The van der Waals surface area contributed by atoms with Crippen molar-refractivity contribution in [2.75, 3.05) is 26.2 Å². The van der Waals surface area contributed by atoms with Gasteiger partial charge in [0, 0.05) is 30.0 Å². The highest BCUT2D eigenvalue weighted by Crippen LogP contribution is 2.24. The lowest BCUT2D eigenvalue weighted by molar-refractivity contribution is -0.159. The number of piperidine rings is 2. The lowest BCUT2D eigenvalue weighted by Gasteiger charge is -2.36. The smallest absolute Gasteiger partial charge is 0.414 e. The summed E-state index contributed by atoms with van der Waals surface area (Å²) in [6, 6.07) is 8.55. The molecule has 0 bridgehead atoms. The van der Waals surface area contributed by atoms with Gasteiger partial charge in [-0.15, -0.1) is 0 Å². The number of halogens is 1. The first-order valence-electron chi connectivity index (χ1n) is 9.98. The van der Waals surface area contributed by atoms with Crippen molar-refractivity contribution in [2.24, 2.45) is 11.8 Å². The number of nitrogens with zero attached hydrogens (tertiary/aromatic N) is 2. The first-order valence-corrected chi connectivity index (χ1v) is 10.8. The van der Waals surface area contributed by atoms with Crippen LogP contribution in [0.1, 0.15) is 38.2 Å². The highest BCUT2D eigenvalue weighted by atomic mass is 79.9. The molecule has 160 valence electrons. The van der Waals surface area contributed by atoms with Crippen LogP contribution in [-0.4, -0.2) is 64.0 Å². The fraction of sp³-hybridized carbons (Fsp3) is 0.571. The molecule has 0 unspecified atom stereocenters. The van der Waals surface area contributed by atoms with Crippen molar-refractivity contribution in [3.8, 4) is 0 Å². The molecule has 0 atom stereocenters. The molecular weight excluding hydrogens is 440 g/mol. The van der Waals surface area contributed by atoms with E-state index < -0.39 is 11.9 Å². The molecule has 0 spiro atoms. The van der Waals surface area contributed by atoms with Crippen molar-refractivity contribution in [2.45, 2.75) is 39.2 Å². The summed E-state index contributed by atoms with van der Waals surface area (Å²) in [6.45, 7) is 7.31. The quantitative estimate of drug-likeness (QED) is 0.661. The van der Waals surface area contributed by atoms with Crippen molar-refractivity contribution in [1.29, 1.82) is 0 Å². The summed E-state index contributed by atoms with van der Waals surface area (Å²) < 4.78 is 1.13. The molecule has 2 aliphatic heterocycles. The average Bonchev–Trinajstić information content (AvgIpc) is 2.71. The third-order valence-corrected chi connectivity index (χ3v) is 6.06. The van der Waals surface area contributed by atoms with Gasteiger partial charge in [-0.3, -0.25) is 9.69 Å². The number of likely N-dealkylation sites (tertiary alicyclic amines) is 2. The number of carboxylic acids is 2. The fourth-order valence-electron chi connectivity index (χ4n) is 3.67. The second-order valence-corrected chi connectivity index (χ2v) is 8.71. The summed E-state index contributed by atoms with van der Waals surface area (Å²) in [4.78, 5) is 35.5. The molecule has 3 rings (SSSR count). The molecule has 0 aromatic heterocycles. The first-order chi connectivity index (χ1) is 13.8. The number of hydrogen-bond acceptors (Lipinski definition) is 4. The largest absolute Gasteiger partial charge is 0.473 e. The van der Waals surface area contributed by atoms with Crippen molar-refractivity contribution in [1.82, 2.24) is 9.80 Å². The molecule has 2 saturated heterocycles. The Kier molecular flexibility index (Phi) is 9.10. The Bertz CT molecular complexity index is 682. The normalized spacial score (nSPS) is 18.6. The lowest BCUT2D eigenvalue weighted by atomic mass is 9.92. The maximum absolute atomic E-state index is 12.7. The minimum atomic E-state index is -1.82. The van der Waals surface area contributed by atoms with Crippen molar-refractivity contribution in [3.05, 3.63) is 34.3 Å². The standard InChI is InChI=1S/C19H27BrN2O.C2H2O4/c1-15-6-12-22(13-7-15)19(23)17-8-10-21(11-9-17)14-16-2-4-18(20)5-3-16;3-1(4)2(5)6/h2-5,15,17H,6-14H2,1H3;(H,3,4)(H,5,6).